The maximum absolute atomic E-state index is 4.67. The Kier molecular flexibility index (Phi) is 1.73. The number of rotatable bonds is 1. The summed E-state index contributed by atoms with van der Waals surface area (Å²) in [6.07, 6.45) is 2.64. The summed E-state index contributed by atoms with van der Waals surface area (Å²) in [6.45, 7) is 3.03. The van der Waals surface area contributed by atoms with Crippen LogP contribution in [-0.4, -0.2) is 16.1 Å². The summed E-state index contributed by atoms with van der Waals surface area (Å²) >= 11 is 3.65. The quantitative estimate of drug-likeness (QED) is 0.811. The van der Waals surface area contributed by atoms with Gasteiger partial charge in [0.15, 0.2) is 0 Å². The molecule has 70 valence electrons. The zero-order chi connectivity index (χ0) is 8.84. The minimum Gasteiger partial charge on any atom is -0.320 e. The molecule has 1 saturated carbocycles. The highest BCUT2D eigenvalue weighted by atomic mass is 79.9. The first kappa shape index (κ1) is 8.00. The normalized spacial score (nSPS) is 21.6. The summed E-state index contributed by atoms with van der Waals surface area (Å²) in [5.41, 5.74) is 1.29. The number of hydrogen-bond acceptors (Lipinski definition) is 2. The molecular weight excluding hydrogens is 230 g/mol. The Morgan fingerprint density at radius 2 is 2.31 bits per heavy atom. The van der Waals surface area contributed by atoms with E-state index in [-0.39, 0.29) is 0 Å². The number of fused-ring (bicyclic) bond motifs is 1. The highest BCUT2D eigenvalue weighted by Crippen LogP contribution is 2.43. The molecule has 1 N–H and O–H groups in total. The number of hydrogen-bond donors (Lipinski definition) is 1. The van der Waals surface area contributed by atoms with E-state index >= 15 is 0 Å². The number of nitrogens with one attached hydrogen (secondary N) is 1. The second-order valence-corrected chi connectivity index (χ2v) is 4.56. The van der Waals surface area contributed by atoms with Crippen LogP contribution in [0.3, 0.4) is 0 Å². The van der Waals surface area contributed by atoms with Crippen LogP contribution in [0.15, 0.2) is 4.60 Å². The Hall–Kier alpha value is -0.350. The predicted octanol–water partition coefficient (Wildman–Crippen LogP) is 1.63. The van der Waals surface area contributed by atoms with E-state index in [1.807, 2.05) is 0 Å². The van der Waals surface area contributed by atoms with E-state index in [0.29, 0.717) is 0 Å². The standard InChI is InChI=1S/C9H12BrN3/c10-9-8(6-1-2-6)12-7-5-11-3-4-13(7)9/h6,11H,1-5H2. The summed E-state index contributed by atoms with van der Waals surface area (Å²) in [4.78, 5) is 4.67. The van der Waals surface area contributed by atoms with Crippen LogP contribution in [0.25, 0.3) is 0 Å². The molecule has 1 fully saturated rings. The number of halogens is 1. The first-order valence-corrected chi connectivity index (χ1v) is 5.61. The summed E-state index contributed by atoms with van der Waals surface area (Å²) in [5, 5.41) is 3.34. The van der Waals surface area contributed by atoms with Crippen LogP contribution in [0, 0.1) is 0 Å². The van der Waals surface area contributed by atoms with Crippen LogP contribution in [0.2, 0.25) is 0 Å². The van der Waals surface area contributed by atoms with Crippen LogP contribution in [0.5, 0.6) is 0 Å². The first-order valence-electron chi connectivity index (χ1n) is 4.82. The van der Waals surface area contributed by atoms with Gasteiger partial charge in [0.25, 0.3) is 0 Å². The molecule has 2 aliphatic rings. The van der Waals surface area contributed by atoms with Gasteiger partial charge in [-0.2, -0.15) is 0 Å². The number of aromatic nitrogens is 2. The number of nitrogens with zero attached hydrogens (tertiary/aromatic N) is 2. The van der Waals surface area contributed by atoms with E-state index in [1.54, 1.807) is 0 Å². The van der Waals surface area contributed by atoms with E-state index in [9.17, 15) is 0 Å². The Labute approximate surface area is 85.7 Å². The van der Waals surface area contributed by atoms with Gasteiger partial charge < -0.3 is 9.88 Å². The molecule has 1 aromatic rings. The van der Waals surface area contributed by atoms with E-state index in [0.717, 1.165) is 25.6 Å². The van der Waals surface area contributed by atoms with Crippen molar-refractivity contribution in [2.24, 2.45) is 0 Å². The fraction of sp³-hybridized carbons (Fsp3) is 0.667. The van der Waals surface area contributed by atoms with Gasteiger partial charge in [0, 0.05) is 19.0 Å². The van der Waals surface area contributed by atoms with Crippen molar-refractivity contribution in [2.45, 2.75) is 31.8 Å². The van der Waals surface area contributed by atoms with Gasteiger partial charge in [0.05, 0.1) is 12.2 Å². The second kappa shape index (κ2) is 2.82. The summed E-state index contributed by atoms with van der Waals surface area (Å²) in [7, 11) is 0. The molecule has 1 aliphatic heterocycles. The molecule has 0 spiro atoms. The molecule has 4 heteroatoms. The van der Waals surface area contributed by atoms with Crippen LogP contribution in [-0.2, 0) is 13.1 Å². The van der Waals surface area contributed by atoms with Crippen molar-refractivity contribution in [3.05, 3.63) is 16.1 Å². The van der Waals surface area contributed by atoms with Gasteiger partial charge >= 0.3 is 0 Å². The molecule has 2 heterocycles. The van der Waals surface area contributed by atoms with Gasteiger partial charge in [0.2, 0.25) is 0 Å². The van der Waals surface area contributed by atoms with Crippen molar-refractivity contribution in [3.8, 4) is 0 Å². The Balaban J connectivity index is 2.06. The average Bonchev–Trinajstić information content (AvgIpc) is 2.94. The lowest BCUT2D eigenvalue weighted by molar-refractivity contribution is 0.500. The van der Waals surface area contributed by atoms with Gasteiger partial charge in [-0.15, -0.1) is 0 Å². The van der Waals surface area contributed by atoms with Gasteiger partial charge in [0.1, 0.15) is 10.4 Å². The zero-order valence-corrected chi connectivity index (χ0v) is 8.97. The first-order chi connectivity index (χ1) is 6.36. The highest BCUT2D eigenvalue weighted by molar-refractivity contribution is 9.10. The molecule has 13 heavy (non-hydrogen) atoms. The van der Waals surface area contributed by atoms with Gasteiger partial charge in [-0.1, -0.05) is 0 Å². The third kappa shape index (κ3) is 1.23. The topological polar surface area (TPSA) is 29.9 Å². The van der Waals surface area contributed by atoms with E-state index in [4.69, 9.17) is 0 Å². The molecule has 0 amide bonds. The molecule has 0 bridgehead atoms. The van der Waals surface area contributed by atoms with Crippen molar-refractivity contribution in [1.29, 1.82) is 0 Å². The van der Waals surface area contributed by atoms with Gasteiger partial charge in [-0.3, -0.25) is 0 Å². The maximum Gasteiger partial charge on any atom is 0.123 e. The summed E-state index contributed by atoms with van der Waals surface area (Å²) in [5.74, 6) is 1.94. The van der Waals surface area contributed by atoms with Crippen LogP contribution in [0.4, 0.5) is 0 Å². The molecule has 1 aliphatic carbocycles. The van der Waals surface area contributed by atoms with Crippen LogP contribution < -0.4 is 5.32 Å². The zero-order valence-electron chi connectivity index (χ0n) is 7.39. The molecule has 0 saturated heterocycles. The average molecular weight is 242 g/mol. The van der Waals surface area contributed by atoms with Crippen LogP contribution in [0.1, 0.15) is 30.3 Å². The molecule has 0 radical (unpaired) electrons. The second-order valence-electron chi connectivity index (χ2n) is 3.81. The minimum atomic E-state index is 0.743. The highest BCUT2D eigenvalue weighted by Gasteiger charge is 2.30. The Morgan fingerprint density at radius 3 is 3.00 bits per heavy atom. The largest absolute Gasteiger partial charge is 0.320 e. The van der Waals surface area contributed by atoms with E-state index < -0.39 is 0 Å². The molecule has 3 rings (SSSR count). The van der Waals surface area contributed by atoms with E-state index in [2.05, 4.69) is 30.8 Å². The third-order valence-electron chi connectivity index (χ3n) is 2.77. The lowest BCUT2D eigenvalue weighted by Gasteiger charge is -2.15. The monoisotopic (exact) mass is 241 g/mol. The lowest BCUT2D eigenvalue weighted by atomic mass is 10.3. The summed E-state index contributed by atoms with van der Waals surface area (Å²) in [6, 6.07) is 0. The van der Waals surface area contributed by atoms with Crippen molar-refractivity contribution < 1.29 is 0 Å². The Bertz CT molecular complexity index is 341. The smallest absolute Gasteiger partial charge is 0.123 e. The molecule has 0 atom stereocenters. The van der Waals surface area contributed by atoms with Crippen molar-refractivity contribution >= 4 is 15.9 Å². The minimum absolute atomic E-state index is 0.743. The van der Waals surface area contributed by atoms with Crippen molar-refractivity contribution in [3.63, 3.8) is 0 Å². The molecule has 0 aromatic carbocycles. The van der Waals surface area contributed by atoms with E-state index in [1.165, 1.54) is 29.0 Å². The van der Waals surface area contributed by atoms with Crippen molar-refractivity contribution in [2.75, 3.05) is 6.54 Å². The molecule has 3 nitrogen and oxygen atoms in total. The number of imidazole rings is 1. The molecule has 0 unspecified atom stereocenters. The van der Waals surface area contributed by atoms with Crippen LogP contribution >= 0.6 is 15.9 Å². The van der Waals surface area contributed by atoms with Gasteiger partial charge in [-0.25, -0.2) is 4.98 Å². The SMILES string of the molecule is Brc1c(C2CC2)nc2n1CCNC2. The predicted molar refractivity (Wildman–Crippen MR) is 53.6 cm³/mol. The lowest BCUT2D eigenvalue weighted by Crippen LogP contribution is -2.28. The fourth-order valence-electron chi connectivity index (χ4n) is 1.87. The molecular formula is C9H12BrN3. The third-order valence-corrected chi connectivity index (χ3v) is 3.60. The molecule has 1 aromatic heterocycles. The Morgan fingerprint density at radius 1 is 1.46 bits per heavy atom. The summed E-state index contributed by atoms with van der Waals surface area (Å²) < 4.78 is 3.52. The fourth-order valence-corrected chi connectivity index (χ4v) is 2.66. The van der Waals surface area contributed by atoms with Crippen molar-refractivity contribution in [1.82, 2.24) is 14.9 Å². The maximum atomic E-state index is 4.67. The van der Waals surface area contributed by atoms with Gasteiger partial charge in [-0.05, 0) is 28.8 Å².